The van der Waals surface area contributed by atoms with Crippen LogP contribution in [0.25, 0.3) is 11.0 Å². The Kier molecular flexibility index (Phi) is 10.6. The zero-order chi connectivity index (χ0) is 29.7. The second-order valence-electron chi connectivity index (χ2n) is 8.17. The molecule has 2 heterocycles. The molecule has 4 aromatic rings. The second kappa shape index (κ2) is 13.3. The highest BCUT2D eigenvalue weighted by Gasteiger charge is 2.17. The van der Waals surface area contributed by atoms with Crippen molar-refractivity contribution in [1.29, 1.82) is 0 Å². The summed E-state index contributed by atoms with van der Waals surface area (Å²) >= 11 is 18.6. The fraction of sp³-hybridized carbons (Fsp3) is 0.174. The maximum Gasteiger partial charge on any atom is 0.256 e. The second-order valence-corrected chi connectivity index (χ2v) is 14.3. The molecule has 0 aliphatic heterocycles. The number of aromatic nitrogens is 3. The van der Waals surface area contributed by atoms with Crippen LogP contribution in [0.4, 0.5) is 17.5 Å². The summed E-state index contributed by atoms with van der Waals surface area (Å²) in [5, 5.41) is 7.04. The molecule has 0 fully saturated rings. The summed E-state index contributed by atoms with van der Waals surface area (Å²) in [7, 11) is -2.07. The number of nitrogens with zero attached hydrogens (tertiary/aromatic N) is 3. The van der Waals surface area contributed by atoms with Gasteiger partial charge in [0.1, 0.15) is 5.82 Å². The summed E-state index contributed by atoms with van der Waals surface area (Å²) in [6.45, 7) is 0.379. The third-order valence-electron chi connectivity index (χ3n) is 4.87. The molecule has 0 radical (unpaired) electrons. The number of pyridine rings is 1. The minimum atomic E-state index is -3.38. The van der Waals surface area contributed by atoms with E-state index in [9.17, 15) is 21.6 Å². The van der Waals surface area contributed by atoms with Gasteiger partial charge in [-0.1, -0.05) is 40.9 Å². The molecule has 2 aromatic heterocycles. The fourth-order valence-corrected chi connectivity index (χ4v) is 4.44. The van der Waals surface area contributed by atoms with Gasteiger partial charge in [0, 0.05) is 40.6 Å². The number of benzene rings is 2. The van der Waals surface area contributed by atoms with Crippen LogP contribution in [0.5, 0.6) is 0 Å². The lowest BCUT2D eigenvalue weighted by atomic mass is 10.2. The van der Waals surface area contributed by atoms with Crippen molar-refractivity contribution >= 4 is 99.0 Å². The Morgan fingerprint density at radius 2 is 1.62 bits per heavy atom. The van der Waals surface area contributed by atoms with E-state index in [2.05, 4.69) is 36.0 Å². The van der Waals surface area contributed by atoms with E-state index in [0.717, 1.165) is 12.5 Å². The molecule has 3 N–H and O–H groups in total. The average Bonchev–Trinajstić information content (AvgIpc) is 3.16. The number of anilines is 3. The highest BCUT2D eigenvalue weighted by atomic mass is 35.7. The van der Waals surface area contributed by atoms with Gasteiger partial charge in [-0.3, -0.25) is 4.79 Å². The van der Waals surface area contributed by atoms with Crippen molar-refractivity contribution in [1.82, 2.24) is 19.3 Å². The van der Waals surface area contributed by atoms with Crippen molar-refractivity contribution < 1.29 is 21.6 Å². The van der Waals surface area contributed by atoms with E-state index in [1.807, 2.05) is 0 Å². The van der Waals surface area contributed by atoms with Crippen LogP contribution in [0.3, 0.4) is 0 Å². The molecule has 4 rings (SSSR count). The number of para-hydroxylation sites is 1. The lowest BCUT2D eigenvalue weighted by Gasteiger charge is -2.13. The molecule has 0 saturated carbocycles. The number of imidazole rings is 1. The highest BCUT2D eigenvalue weighted by molar-refractivity contribution is 8.13. The molecule has 0 aliphatic carbocycles. The molecule has 0 saturated heterocycles. The van der Waals surface area contributed by atoms with Crippen molar-refractivity contribution in [3.8, 4) is 0 Å². The van der Waals surface area contributed by atoms with Gasteiger partial charge in [-0.25, -0.2) is 31.5 Å². The van der Waals surface area contributed by atoms with E-state index >= 15 is 0 Å². The normalized spacial score (nSPS) is 11.6. The van der Waals surface area contributed by atoms with Crippen molar-refractivity contribution in [2.45, 2.75) is 6.54 Å². The molecule has 40 heavy (non-hydrogen) atoms. The number of nitrogens with one attached hydrogen (secondary N) is 3. The van der Waals surface area contributed by atoms with Gasteiger partial charge in [0.15, 0.2) is 0 Å². The van der Waals surface area contributed by atoms with Crippen LogP contribution < -0.4 is 15.4 Å². The predicted molar refractivity (Wildman–Crippen MR) is 160 cm³/mol. The Balaban J connectivity index is 0.000000810. The first-order chi connectivity index (χ1) is 18.6. The molecule has 17 heteroatoms. The molecular weight excluding hydrogens is 646 g/mol. The number of fused-ring (bicyclic) bond motifs is 1. The number of carbonyl (C=O) groups is 1. The van der Waals surface area contributed by atoms with Crippen LogP contribution in [0.2, 0.25) is 15.1 Å². The Morgan fingerprint density at radius 3 is 2.23 bits per heavy atom. The highest BCUT2D eigenvalue weighted by Crippen LogP contribution is 2.33. The number of hydrogen-bond donors (Lipinski definition) is 3. The third-order valence-corrected chi connectivity index (χ3v) is 6.47. The van der Waals surface area contributed by atoms with Crippen LogP contribution in [0, 0.1) is 0 Å². The summed E-state index contributed by atoms with van der Waals surface area (Å²) in [6, 6.07) is 13.2. The van der Waals surface area contributed by atoms with Crippen LogP contribution >= 0.6 is 45.5 Å². The van der Waals surface area contributed by atoms with E-state index in [4.69, 9.17) is 34.8 Å². The number of sulfonamides is 1. The predicted octanol–water partition coefficient (Wildman–Crippen LogP) is 5.12. The smallest absolute Gasteiger partial charge is 0.256 e. The first-order valence-electron chi connectivity index (χ1n) is 11.1. The van der Waals surface area contributed by atoms with Gasteiger partial charge in [-0.15, -0.1) is 0 Å². The van der Waals surface area contributed by atoms with Crippen molar-refractivity contribution in [2.75, 3.05) is 29.7 Å². The van der Waals surface area contributed by atoms with Crippen LogP contribution in [0.15, 0.2) is 54.7 Å². The summed E-state index contributed by atoms with van der Waals surface area (Å²) in [6.07, 6.45) is 3.50. The molecule has 0 spiro atoms. The van der Waals surface area contributed by atoms with Crippen LogP contribution in [-0.2, 0) is 25.6 Å². The standard InChI is InChI=1S/C22H19Cl3N6O3S.CH3ClO2S/c1-35(33,34)27-9-10-31-18-6-5-13(21(32)29-19-12-14(23)7-8-26-19)11-17(18)28-22(31)30-20-15(24)3-2-4-16(20)25;1-5(2,3)4/h2-8,11-12,27H,9-10H2,1H3,(H,28,30)(H,26,29,32);1H3. The number of carbonyl (C=O) groups excluding carboxylic acids is 1. The van der Waals surface area contributed by atoms with Crippen LogP contribution in [0.1, 0.15) is 10.4 Å². The van der Waals surface area contributed by atoms with Crippen molar-refractivity contribution in [3.05, 3.63) is 75.4 Å². The molecule has 11 nitrogen and oxygen atoms in total. The number of rotatable bonds is 8. The lowest BCUT2D eigenvalue weighted by molar-refractivity contribution is 0.102. The SMILES string of the molecule is CS(=O)(=O)Cl.CS(=O)(=O)NCCn1c(Nc2c(Cl)cccc2Cl)nc2cc(C(=O)Nc3cc(Cl)ccn3)ccc21. The monoisotopic (exact) mass is 666 g/mol. The Bertz CT molecular complexity index is 1740. The van der Waals surface area contributed by atoms with E-state index in [-0.39, 0.29) is 13.1 Å². The first kappa shape index (κ1) is 31.9. The van der Waals surface area contributed by atoms with Gasteiger partial charge in [0.2, 0.25) is 25.0 Å². The van der Waals surface area contributed by atoms with Gasteiger partial charge in [0.25, 0.3) is 5.91 Å². The molecule has 2 aromatic carbocycles. The minimum absolute atomic E-state index is 0.123. The zero-order valence-corrected chi connectivity index (χ0v) is 25.5. The summed E-state index contributed by atoms with van der Waals surface area (Å²) in [4.78, 5) is 21.5. The van der Waals surface area contributed by atoms with E-state index < -0.39 is 25.0 Å². The first-order valence-corrected chi connectivity index (χ1v) is 16.8. The van der Waals surface area contributed by atoms with Gasteiger partial charge >= 0.3 is 0 Å². The molecule has 0 atom stereocenters. The number of halogens is 4. The van der Waals surface area contributed by atoms with Crippen molar-refractivity contribution in [2.24, 2.45) is 0 Å². The molecular formula is C23H22Cl4N6O5S2. The maximum absolute atomic E-state index is 12.8. The van der Waals surface area contributed by atoms with Crippen molar-refractivity contribution in [3.63, 3.8) is 0 Å². The van der Waals surface area contributed by atoms with Gasteiger partial charge in [-0.05, 0) is 42.5 Å². The van der Waals surface area contributed by atoms with E-state index in [1.54, 1.807) is 47.0 Å². The Hall–Kier alpha value is -2.65. The fourth-order valence-electron chi connectivity index (χ4n) is 3.33. The summed E-state index contributed by atoms with van der Waals surface area (Å²) < 4.78 is 46.1. The molecule has 0 aliphatic rings. The molecule has 214 valence electrons. The Labute approximate surface area is 250 Å². The molecule has 0 bridgehead atoms. The molecule has 1 amide bonds. The van der Waals surface area contributed by atoms with Gasteiger partial charge < -0.3 is 15.2 Å². The topological polar surface area (TPSA) is 152 Å². The number of amides is 1. The third kappa shape index (κ3) is 9.77. The largest absolute Gasteiger partial charge is 0.323 e. The molecule has 0 unspecified atom stereocenters. The Morgan fingerprint density at radius 1 is 0.975 bits per heavy atom. The quantitative estimate of drug-likeness (QED) is 0.219. The van der Waals surface area contributed by atoms with Gasteiger partial charge in [0.05, 0.1) is 39.3 Å². The average molecular weight is 668 g/mol. The summed E-state index contributed by atoms with van der Waals surface area (Å²) in [5.74, 6) is 0.300. The zero-order valence-electron chi connectivity index (χ0n) is 20.8. The van der Waals surface area contributed by atoms with Gasteiger partial charge in [-0.2, -0.15) is 0 Å². The van der Waals surface area contributed by atoms with Crippen LogP contribution in [-0.4, -0.2) is 56.3 Å². The summed E-state index contributed by atoms with van der Waals surface area (Å²) in [5.41, 5.74) is 1.97. The maximum atomic E-state index is 12.8. The van der Waals surface area contributed by atoms with E-state index in [0.29, 0.717) is 49.1 Å². The van der Waals surface area contributed by atoms with E-state index in [1.165, 1.54) is 12.3 Å². The minimum Gasteiger partial charge on any atom is -0.323 e. The lowest BCUT2D eigenvalue weighted by Crippen LogP contribution is -2.26. The number of hydrogen-bond acceptors (Lipinski definition) is 8.